The van der Waals surface area contributed by atoms with Gasteiger partial charge in [-0.3, -0.25) is 38.1 Å². The summed E-state index contributed by atoms with van der Waals surface area (Å²) in [6.45, 7) is 8.61. The Balaban J connectivity index is 0.886. The lowest BCUT2D eigenvalue weighted by Gasteiger charge is -2.22. The molecule has 2 atom stereocenters. The number of nitrogens with zero attached hydrogens (tertiary/aromatic N) is 4. The van der Waals surface area contributed by atoms with Crippen LogP contribution in [0.5, 0.6) is 23.5 Å². The highest BCUT2D eigenvalue weighted by atomic mass is 16.6. The Kier molecular flexibility index (Phi) is 30.6. The second-order valence-electron chi connectivity index (χ2n) is 19.5. The largest absolute Gasteiger partial charge is 0.493 e. The number of aromatic hydroxyl groups is 1. The fraction of sp³-hybridized carbons (Fsp3) is 0.459. The van der Waals surface area contributed by atoms with Gasteiger partial charge in [-0.15, -0.1) is 0 Å². The third-order valence-corrected chi connectivity index (χ3v) is 12.7. The number of rotatable bonds is 41. The average molecular weight is 1230 g/mol. The van der Waals surface area contributed by atoms with Crippen LogP contribution in [0.1, 0.15) is 99.2 Å². The molecule has 88 heavy (non-hydrogen) atoms. The number of unbranched alkanes of at least 4 members (excludes halogenated alkanes) is 1. The molecule has 3 aromatic carbocycles. The highest BCUT2D eigenvalue weighted by Crippen LogP contribution is 2.29. The van der Waals surface area contributed by atoms with E-state index in [1.54, 1.807) is 74.5 Å². The number of hydrogen-bond acceptors (Lipinski definition) is 21. The summed E-state index contributed by atoms with van der Waals surface area (Å²) in [6, 6.07) is 17.8. The van der Waals surface area contributed by atoms with Crippen molar-refractivity contribution in [3.63, 3.8) is 0 Å². The van der Waals surface area contributed by atoms with Crippen LogP contribution in [0.2, 0.25) is 0 Å². The van der Waals surface area contributed by atoms with Crippen LogP contribution in [0.15, 0.2) is 78.9 Å². The average Bonchev–Trinajstić information content (AvgIpc) is 2.77. The second kappa shape index (κ2) is 38.8. The monoisotopic (exact) mass is 1220 g/mol. The smallest absolute Gasteiger partial charge is 0.328 e. The molecule has 0 radical (unpaired) electrons. The molecule has 0 aliphatic heterocycles. The van der Waals surface area contributed by atoms with Crippen molar-refractivity contribution in [3.05, 3.63) is 101 Å². The first kappa shape index (κ1) is 69.6. The molecule has 0 saturated carbocycles. The van der Waals surface area contributed by atoms with E-state index in [2.05, 4.69) is 41.5 Å². The quantitative estimate of drug-likeness (QED) is 0.0127. The molecule has 5 amide bonds. The summed E-state index contributed by atoms with van der Waals surface area (Å²) in [5, 5.41) is 23.8. The number of carbonyl (C=O) groups excluding carboxylic acids is 8. The standard InChI is InChI=1S/C61H80N10O17/c1-5-8-32-87-60-69-55(62)54-56(70-60)71(61(80)68-54)40-43-16-20-44(21-17-43)57(77)64-29-13-31-83-34-36-84-35-33-82-30-12-28-63-49(72)25-27-53(76)88-47-23-18-42(38-48(47)81-4)19-24-50(73)65-39-51(74)66-46(37-41-14-10-9-11-15-41)58(78)67-45(59(79)86-7-3)22-26-52(75)85-6-2/h9-11,14-21,23-24,38,45-46H,5-8,12-13,22,25-37,39-40H2,1-4H3,(H,63,72)(H,64,77)(H,65,73)(H,66,74)(H,67,78)(H,68,80)(H2,62,69,70)/b24-19+/t45-,46+/m1/s1. The Morgan fingerprint density at radius 3 is 2.05 bits per heavy atom. The maximum Gasteiger partial charge on any atom is 0.328 e. The van der Waals surface area contributed by atoms with Gasteiger partial charge >= 0.3 is 23.9 Å². The third-order valence-electron chi connectivity index (χ3n) is 12.7. The number of nitrogen functional groups attached to an aromatic ring is 1. The Morgan fingerprint density at radius 2 is 1.36 bits per heavy atom. The van der Waals surface area contributed by atoms with Gasteiger partial charge in [0.1, 0.15) is 12.1 Å². The van der Waals surface area contributed by atoms with E-state index < -0.39 is 54.3 Å². The van der Waals surface area contributed by atoms with Crippen LogP contribution in [0.4, 0.5) is 5.82 Å². The summed E-state index contributed by atoms with van der Waals surface area (Å²) in [5.74, 6) is -4.22. The number of benzene rings is 3. The van der Waals surface area contributed by atoms with Crippen LogP contribution in [0, 0.1) is 0 Å². The molecule has 0 aliphatic rings. The van der Waals surface area contributed by atoms with Gasteiger partial charge in [0.05, 0.1) is 72.9 Å². The zero-order valence-corrected chi connectivity index (χ0v) is 50.1. The molecule has 27 heteroatoms. The van der Waals surface area contributed by atoms with Crippen LogP contribution in [-0.4, -0.2) is 170 Å². The molecule has 8 N–H and O–H groups in total. The van der Waals surface area contributed by atoms with Gasteiger partial charge in [-0.05, 0) is 86.6 Å². The number of nitrogens with two attached hydrogens (primary N) is 1. The van der Waals surface area contributed by atoms with Crippen LogP contribution in [-0.2, 0) is 70.2 Å². The summed E-state index contributed by atoms with van der Waals surface area (Å²) < 4.78 is 44.7. The lowest BCUT2D eigenvalue weighted by Crippen LogP contribution is -2.54. The highest BCUT2D eigenvalue weighted by molar-refractivity contribution is 5.96. The van der Waals surface area contributed by atoms with Crippen molar-refractivity contribution in [2.45, 2.75) is 97.2 Å². The molecule has 5 aromatic rings. The van der Waals surface area contributed by atoms with E-state index in [1.165, 1.54) is 36.0 Å². The Morgan fingerprint density at radius 1 is 0.670 bits per heavy atom. The molecule has 0 spiro atoms. The van der Waals surface area contributed by atoms with Crippen molar-refractivity contribution in [2.24, 2.45) is 0 Å². The van der Waals surface area contributed by atoms with Crippen molar-refractivity contribution < 1.29 is 81.4 Å². The summed E-state index contributed by atoms with van der Waals surface area (Å²) in [7, 11) is 1.37. The number of methoxy groups -OCH3 is 1. The maximum absolute atomic E-state index is 13.5. The minimum absolute atomic E-state index is 0.0364. The fourth-order valence-corrected chi connectivity index (χ4v) is 8.19. The van der Waals surface area contributed by atoms with E-state index in [9.17, 15) is 43.5 Å². The van der Waals surface area contributed by atoms with Gasteiger partial charge in [-0.2, -0.15) is 15.0 Å². The SMILES string of the molecule is CCCCOc1nc(N)c2nc(O)n(Cc3ccc(C(=O)NCCCOCCOCCOCCCNC(=O)CCC(=O)Oc4ccc(/C=C/C(=O)NCC(=O)N[C@@H](Cc5ccccc5)C(=O)N[C@H](CCC(=O)OCC)C(=O)OCC)cc4OC)cc3)c2n1. The Labute approximate surface area is 510 Å². The van der Waals surface area contributed by atoms with Crippen LogP contribution in [0.25, 0.3) is 17.2 Å². The van der Waals surface area contributed by atoms with Crippen LogP contribution < -0.4 is 46.5 Å². The van der Waals surface area contributed by atoms with Gasteiger partial charge in [-0.25, -0.2) is 4.79 Å². The van der Waals surface area contributed by atoms with E-state index in [4.69, 9.17) is 43.6 Å². The summed E-state index contributed by atoms with van der Waals surface area (Å²) in [6.07, 6.45) is 4.99. The first-order chi connectivity index (χ1) is 42.6. The Hall–Kier alpha value is -9.21. The second-order valence-corrected chi connectivity index (χ2v) is 19.5. The number of aromatic nitrogens is 4. The van der Waals surface area contributed by atoms with E-state index in [-0.39, 0.29) is 98.5 Å². The van der Waals surface area contributed by atoms with Gasteiger partial charge < -0.3 is 75.3 Å². The number of imidazole rings is 1. The topological polar surface area (TPSA) is 360 Å². The molecular formula is C61H80N10O17. The number of anilines is 1. The number of hydrogen-bond donors (Lipinski definition) is 7. The lowest BCUT2D eigenvalue weighted by molar-refractivity contribution is -0.149. The van der Waals surface area contributed by atoms with Crippen molar-refractivity contribution in [3.8, 4) is 23.5 Å². The van der Waals surface area contributed by atoms with E-state index >= 15 is 0 Å². The first-order valence-corrected chi connectivity index (χ1v) is 29.1. The van der Waals surface area contributed by atoms with Crippen LogP contribution >= 0.6 is 0 Å². The van der Waals surface area contributed by atoms with Crippen molar-refractivity contribution in [1.82, 2.24) is 46.1 Å². The minimum Gasteiger partial charge on any atom is -0.493 e. The number of fused-ring (bicyclic) bond motifs is 1. The summed E-state index contributed by atoms with van der Waals surface area (Å²) >= 11 is 0. The number of ether oxygens (including phenoxy) is 8. The van der Waals surface area contributed by atoms with Crippen molar-refractivity contribution in [1.29, 1.82) is 0 Å². The predicted molar refractivity (Wildman–Crippen MR) is 321 cm³/mol. The van der Waals surface area contributed by atoms with Crippen LogP contribution in [0.3, 0.4) is 0 Å². The lowest BCUT2D eigenvalue weighted by atomic mass is 10.0. The Bertz CT molecular complexity index is 3090. The third kappa shape index (κ3) is 25.0. The number of esters is 3. The molecule has 2 heterocycles. The van der Waals surface area contributed by atoms with Gasteiger partial charge in [0.2, 0.25) is 23.6 Å². The van der Waals surface area contributed by atoms with E-state index in [0.29, 0.717) is 94.5 Å². The predicted octanol–water partition coefficient (Wildman–Crippen LogP) is 3.66. The number of nitrogens with one attached hydrogen (secondary N) is 5. The molecule has 0 aliphatic carbocycles. The molecule has 27 nitrogen and oxygen atoms in total. The molecule has 0 bridgehead atoms. The highest BCUT2D eigenvalue weighted by Gasteiger charge is 2.29. The fourth-order valence-electron chi connectivity index (χ4n) is 8.19. The van der Waals surface area contributed by atoms with Gasteiger partial charge in [0.25, 0.3) is 11.9 Å². The van der Waals surface area contributed by atoms with Gasteiger partial charge in [-0.1, -0.05) is 61.9 Å². The summed E-state index contributed by atoms with van der Waals surface area (Å²) in [5.41, 5.74) is 9.13. The molecular weight excluding hydrogens is 1140 g/mol. The van der Waals surface area contributed by atoms with Crippen molar-refractivity contribution >= 4 is 70.5 Å². The van der Waals surface area contributed by atoms with Gasteiger partial charge in [0.15, 0.2) is 28.5 Å². The van der Waals surface area contributed by atoms with E-state index in [1.807, 2.05) is 6.92 Å². The zero-order chi connectivity index (χ0) is 63.5. The molecule has 0 fully saturated rings. The maximum atomic E-state index is 13.5. The first-order valence-electron chi connectivity index (χ1n) is 29.1. The molecule has 0 unspecified atom stereocenters. The normalized spacial score (nSPS) is 11.7. The molecule has 2 aromatic heterocycles. The molecule has 5 rings (SSSR count). The van der Waals surface area contributed by atoms with Gasteiger partial charge in [0, 0.05) is 57.2 Å². The van der Waals surface area contributed by atoms with Crippen molar-refractivity contribution in [2.75, 3.05) is 91.9 Å². The number of amides is 5. The summed E-state index contributed by atoms with van der Waals surface area (Å²) in [4.78, 5) is 115. The number of carbonyl (C=O) groups is 8. The molecule has 0 saturated heterocycles. The minimum atomic E-state index is -1.19. The zero-order valence-electron chi connectivity index (χ0n) is 50.1. The van der Waals surface area contributed by atoms with E-state index in [0.717, 1.165) is 18.4 Å². The molecule has 476 valence electrons.